The highest BCUT2D eigenvalue weighted by molar-refractivity contribution is 7.10. The summed E-state index contributed by atoms with van der Waals surface area (Å²) in [6.45, 7) is 3.15. The van der Waals surface area contributed by atoms with Crippen LogP contribution in [0.5, 0.6) is 0 Å². The van der Waals surface area contributed by atoms with Gasteiger partial charge in [0, 0.05) is 24.2 Å². The minimum Gasteiger partial charge on any atom is -0.308 e. The van der Waals surface area contributed by atoms with E-state index in [1.54, 1.807) is 11.3 Å². The van der Waals surface area contributed by atoms with Gasteiger partial charge in [-0.05, 0) is 26.3 Å². The zero-order valence-corrected chi connectivity index (χ0v) is 11.6. The lowest BCUT2D eigenvalue weighted by Crippen LogP contribution is -2.26. The average molecular weight is 262 g/mol. The number of nitrogens with one attached hydrogen (secondary N) is 1. The zero-order valence-electron chi connectivity index (χ0n) is 10.8. The summed E-state index contributed by atoms with van der Waals surface area (Å²) in [5.41, 5.74) is 3.26. The third-order valence-electron chi connectivity index (χ3n) is 3.42. The molecule has 2 aromatic heterocycles. The molecule has 2 aromatic rings. The van der Waals surface area contributed by atoms with Gasteiger partial charge in [-0.2, -0.15) is 5.10 Å². The number of thiazole rings is 1. The summed E-state index contributed by atoms with van der Waals surface area (Å²) in [4.78, 5) is 4.78. The number of piperidine rings is 1. The molecule has 5 heteroatoms. The van der Waals surface area contributed by atoms with Crippen molar-refractivity contribution < 1.29 is 0 Å². The number of aryl methyl sites for hydroxylation is 2. The first-order valence-corrected chi connectivity index (χ1v) is 7.31. The molecular formula is C13H18N4S. The van der Waals surface area contributed by atoms with Crippen molar-refractivity contribution in [2.45, 2.75) is 32.2 Å². The van der Waals surface area contributed by atoms with Crippen LogP contribution in [0.2, 0.25) is 0 Å². The van der Waals surface area contributed by atoms with Crippen LogP contribution in [0, 0.1) is 6.92 Å². The van der Waals surface area contributed by atoms with E-state index in [-0.39, 0.29) is 0 Å². The predicted molar refractivity (Wildman–Crippen MR) is 73.6 cm³/mol. The summed E-state index contributed by atoms with van der Waals surface area (Å²) < 4.78 is 1.85. The molecule has 3 heterocycles. The highest BCUT2D eigenvalue weighted by atomic mass is 32.1. The Morgan fingerprint density at radius 2 is 2.33 bits per heavy atom. The van der Waals surface area contributed by atoms with Crippen LogP contribution in [-0.4, -0.2) is 21.3 Å². The van der Waals surface area contributed by atoms with E-state index < -0.39 is 0 Å². The summed E-state index contributed by atoms with van der Waals surface area (Å²) in [6, 6.07) is 0.453. The first kappa shape index (κ1) is 11.9. The van der Waals surface area contributed by atoms with Gasteiger partial charge >= 0.3 is 0 Å². The highest BCUT2D eigenvalue weighted by Gasteiger charge is 2.19. The highest BCUT2D eigenvalue weighted by Crippen LogP contribution is 2.30. The zero-order chi connectivity index (χ0) is 12.5. The molecule has 0 spiro atoms. The lowest BCUT2D eigenvalue weighted by atomic mass is 10.1. The molecule has 0 saturated carbocycles. The van der Waals surface area contributed by atoms with Crippen molar-refractivity contribution in [2.75, 3.05) is 6.54 Å². The average Bonchev–Trinajstić information content (AvgIpc) is 2.97. The van der Waals surface area contributed by atoms with Gasteiger partial charge in [-0.3, -0.25) is 4.68 Å². The molecule has 1 N–H and O–H groups in total. The van der Waals surface area contributed by atoms with E-state index in [1.807, 2.05) is 24.9 Å². The molecule has 4 nitrogen and oxygen atoms in total. The minimum atomic E-state index is 0.453. The van der Waals surface area contributed by atoms with E-state index in [4.69, 9.17) is 4.98 Å². The maximum absolute atomic E-state index is 4.78. The third kappa shape index (κ3) is 2.20. The molecule has 96 valence electrons. The summed E-state index contributed by atoms with van der Waals surface area (Å²) in [5.74, 6) is 0. The number of hydrogen-bond acceptors (Lipinski definition) is 4. The van der Waals surface area contributed by atoms with Crippen LogP contribution >= 0.6 is 11.3 Å². The first-order valence-electron chi connectivity index (χ1n) is 6.43. The molecule has 1 atom stereocenters. The van der Waals surface area contributed by atoms with Gasteiger partial charge in [0.05, 0.1) is 17.4 Å². The molecule has 0 bridgehead atoms. The lowest BCUT2D eigenvalue weighted by molar-refractivity contribution is 0.411. The van der Waals surface area contributed by atoms with Crippen LogP contribution in [0.25, 0.3) is 11.3 Å². The maximum Gasteiger partial charge on any atom is 0.110 e. The van der Waals surface area contributed by atoms with Gasteiger partial charge in [0.1, 0.15) is 5.01 Å². The Bertz CT molecular complexity index is 537. The molecule has 1 aliphatic rings. The quantitative estimate of drug-likeness (QED) is 0.905. The summed E-state index contributed by atoms with van der Waals surface area (Å²) in [7, 11) is 1.95. The molecule has 0 aromatic carbocycles. The van der Waals surface area contributed by atoms with Gasteiger partial charge < -0.3 is 5.32 Å². The Balaban J connectivity index is 1.86. The summed E-state index contributed by atoms with van der Waals surface area (Å²) in [6.07, 6.45) is 5.84. The normalized spacial score (nSPS) is 20.2. The molecular weight excluding hydrogens is 244 g/mol. The maximum atomic E-state index is 4.78. The Morgan fingerprint density at radius 1 is 1.44 bits per heavy atom. The lowest BCUT2D eigenvalue weighted by Gasteiger charge is -2.21. The van der Waals surface area contributed by atoms with E-state index in [2.05, 4.69) is 15.8 Å². The Morgan fingerprint density at radius 3 is 3.00 bits per heavy atom. The standard InChI is InChI=1S/C13H18N4S/c1-9-10(7-17(2)16-9)12-8-18-13(15-12)11-5-3-4-6-14-11/h7-8,11,14H,3-6H2,1-2H3. The fourth-order valence-electron chi connectivity index (χ4n) is 2.49. The number of hydrogen-bond donors (Lipinski definition) is 1. The monoisotopic (exact) mass is 262 g/mol. The van der Waals surface area contributed by atoms with E-state index in [0.717, 1.165) is 23.5 Å². The first-order chi connectivity index (χ1) is 8.74. The van der Waals surface area contributed by atoms with Gasteiger partial charge in [-0.15, -0.1) is 11.3 Å². The second-order valence-corrected chi connectivity index (χ2v) is 5.77. The molecule has 18 heavy (non-hydrogen) atoms. The predicted octanol–water partition coefficient (Wildman–Crippen LogP) is 2.67. The van der Waals surface area contributed by atoms with Crippen LogP contribution in [-0.2, 0) is 7.05 Å². The number of rotatable bonds is 2. The number of aromatic nitrogens is 3. The smallest absolute Gasteiger partial charge is 0.110 e. The van der Waals surface area contributed by atoms with E-state index >= 15 is 0 Å². The second kappa shape index (κ2) is 4.82. The Kier molecular flexibility index (Phi) is 3.18. The van der Waals surface area contributed by atoms with Crippen molar-refractivity contribution in [3.63, 3.8) is 0 Å². The van der Waals surface area contributed by atoms with Crippen molar-refractivity contribution in [3.05, 3.63) is 22.3 Å². The SMILES string of the molecule is Cc1nn(C)cc1-c1csc(C2CCCCN2)n1. The second-order valence-electron chi connectivity index (χ2n) is 4.88. The molecule has 1 unspecified atom stereocenters. The van der Waals surface area contributed by atoms with Gasteiger partial charge in [-0.25, -0.2) is 4.98 Å². The van der Waals surface area contributed by atoms with Crippen molar-refractivity contribution in [1.29, 1.82) is 0 Å². The molecule has 0 amide bonds. The molecule has 1 saturated heterocycles. The molecule has 1 fully saturated rings. The summed E-state index contributed by atoms with van der Waals surface area (Å²) in [5, 5.41) is 11.3. The van der Waals surface area contributed by atoms with Crippen molar-refractivity contribution in [1.82, 2.24) is 20.1 Å². The fraction of sp³-hybridized carbons (Fsp3) is 0.538. The molecule has 0 aliphatic carbocycles. The Hall–Kier alpha value is -1.20. The van der Waals surface area contributed by atoms with Crippen LogP contribution in [0.1, 0.15) is 36.0 Å². The van der Waals surface area contributed by atoms with Gasteiger partial charge in [0.15, 0.2) is 0 Å². The third-order valence-corrected chi connectivity index (χ3v) is 4.38. The van der Waals surface area contributed by atoms with Crippen molar-refractivity contribution in [3.8, 4) is 11.3 Å². The van der Waals surface area contributed by atoms with Crippen molar-refractivity contribution >= 4 is 11.3 Å². The molecule has 0 radical (unpaired) electrons. The van der Waals surface area contributed by atoms with Crippen LogP contribution in [0.15, 0.2) is 11.6 Å². The minimum absolute atomic E-state index is 0.453. The molecule has 1 aliphatic heterocycles. The topological polar surface area (TPSA) is 42.7 Å². The largest absolute Gasteiger partial charge is 0.308 e. The van der Waals surface area contributed by atoms with Gasteiger partial charge in [-0.1, -0.05) is 6.42 Å². The Labute approximate surface area is 111 Å². The van der Waals surface area contributed by atoms with Crippen molar-refractivity contribution in [2.24, 2.45) is 7.05 Å². The summed E-state index contributed by atoms with van der Waals surface area (Å²) >= 11 is 1.76. The van der Waals surface area contributed by atoms with Crippen LogP contribution < -0.4 is 5.32 Å². The molecule has 3 rings (SSSR count). The van der Waals surface area contributed by atoms with Gasteiger partial charge in [0.2, 0.25) is 0 Å². The van der Waals surface area contributed by atoms with Crippen LogP contribution in [0.3, 0.4) is 0 Å². The van der Waals surface area contributed by atoms with E-state index in [1.165, 1.54) is 24.3 Å². The van der Waals surface area contributed by atoms with Crippen LogP contribution in [0.4, 0.5) is 0 Å². The van der Waals surface area contributed by atoms with E-state index in [0.29, 0.717) is 6.04 Å². The van der Waals surface area contributed by atoms with Gasteiger partial charge in [0.25, 0.3) is 0 Å². The fourth-order valence-corrected chi connectivity index (χ4v) is 3.41. The van der Waals surface area contributed by atoms with E-state index in [9.17, 15) is 0 Å². The number of nitrogens with zero attached hydrogens (tertiary/aromatic N) is 3.